The summed E-state index contributed by atoms with van der Waals surface area (Å²) in [5.41, 5.74) is 0.426. The number of carbonyl (C=O) groups is 2. The molecule has 6 heteroatoms. The summed E-state index contributed by atoms with van der Waals surface area (Å²) in [6, 6.07) is 9.48. The molecule has 0 bridgehead atoms. The zero-order chi connectivity index (χ0) is 16.9. The number of hydrogen-bond acceptors (Lipinski definition) is 4. The van der Waals surface area contributed by atoms with Gasteiger partial charge in [0, 0.05) is 24.5 Å². The largest absolute Gasteiger partial charge is 0.480 e. The van der Waals surface area contributed by atoms with E-state index < -0.39 is 12.0 Å². The summed E-state index contributed by atoms with van der Waals surface area (Å²) in [6.45, 7) is 0.464. The Morgan fingerprint density at radius 1 is 1.12 bits per heavy atom. The van der Waals surface area contributed by atoms with E-state index in [1.165, 1.54) is 4.90 Å². The maximum absolute atomic E-state index is 12.7. The molecule has 2 heterocycles. The third kappa shape index (κ3) is 3.53. The number of hydrogen-bond donors (Lipinski definition) is 1. The van der Waals surface area contributed by atoms with E-state index in [-0.39, 0.29) is 5.91 Å². The zero-order valence-electron chi connectivity index (χ0n) is 13.1. The molecule has 1 aliphatic heterocycles. The average Bonchev–Trinajstić information content (AvgIpc) is 2.62. The lowest BCUT2D eigenvalue weighted by atomic mass is 10.0. The predicted octanol–water partition coefficient (Wildman–Crippen LogP) is 2.95. The van der Waals surface area contributed by atoms with Crippen molar-refractivity contribution in [2.24, 2.45) is 0 Å². The van der Waals surface area contributed by atoms with Crippen LogP contribution >= 0.6 is 0 Å². The van der Waals surface area contributed by atoms with Gasteiger partial charge in [0.15, 0.2) is 0 Å². The number of likely N-dealkylation sites (tertiary alicyclic amines) is 1. The molecule has 1 saturated heterocycles. The van der Waals surface area contributed by atoms with Crippen molar-refractivity contribution in [1.82, 2.24) is 9.88 Å². The number of rotatable bonds is 4. The Morgan fingerprint density at radius 3 is 2.67 bits per heavy atom. The van der Waals surface area contributed by atoms with Crippen molar-refractivity contribution < 1.29 is 19.4 Å². The Kier molecular flexibility index (Phi) is 4.74. The van der Waals surface area contributed by atoms with Crippen molar-refractivity contribution in [2.45, 2.75) is 25.3 Å². The van der Waals surface area contributed by atoms with Gasteiger partial charge in [0.05, 0.1) is 0 Å². The molecule has 1 aromatic carbocycles. The SMILES string of the molecule is O=C(O)C1CCCCN1C(=O)c1cccc(Oc2ccncc2)c1. The summed E-state index contributed by atoms with van der Waals surface area (Å²) in [7, 11) is 0. The molecule has 0 radical (unpaired) electrons. The second kappa shape index (κ2) is 7.12. The molecule has 0 aliphatic carbocycles. The highest BCUT2D eigenvalue weighted by Crippen LogP contribution is 2.24. The van der Waals surface area contributed by atoms with Gasteiger partial charge in [-0.3, -0.25) is 9.78 Å². The maximum atomic E-state index is 12.7. The third-order valence-electron chi connectivity index (χ3n) is 4.02. The molecule has 1 N–H and O–H groups in total. The van der Waals surface area contributed by atoms with E-state index >= 15 is 0 Å². The number of benzene rings is 1. The van der Waals surface area contributed by atoms with E-state index in [0.29, 0.717) is 30.0 Å². The monoisotopic (exact) mass is 326 g/mol. The molecule has 2 aromatic rings. The Labute approximate surface area is 139 Å². The van der Waals surface area contributed by atoms with Crippen molar-refractivity contribution >= 4 is 11.9 Å². The Morgan fingerprint density at radius 2 is 1.92 bits per heavy atom. The van der Waals surface area contributed by atoms with E-state index in [9.17, 15) is 14.7 Å². The predicted molar refractivity (Wildman–Crippen MR) is 87.1 cm³/mol. The van der Waals surface area contributed by atoms with Gasteiger partial charge in [0.2, 0.25) is 0 Å². The number of aromatic nitrogens is 1. The van der Waals surface area contributed by atoms with Crippen LogP contribution in [-0.2, 0) is 4.79 Å². The van der Waals surface area contributed by atoms with E-state index in [2.05, 4.69) is 4.98 Å². The molecule has 0 spiro atoms. The fraction of sp³-hybridized carbons (Fsp3) is 0.278. The molecule has 1 amide bonds. The quantitative estimate of drug-likeness (QED) is 0.934. The fourth-order valence-corrected chi connectivity index (χ4v) is 2.83. The highest BCUT2D eigenvalue weighted by molar-refractivity contribution is 5.97. The number of ether oxygens (including phenoxy) is 1. The highest BCUT2D eigenvalue weighted by Gasteiger charge is 2.32. The lowest BCUT2D eigenvalue weighted by Crippen LogP contribution is -2.47. The molecule has 1 fully saturated rings. The number of pyridine rings is 1. The normalized spacial score (nSPS) is 17.3. The number of aliphatic carboxylic acids is 1. The second-order valence-electron chi connectivity index (χ2n) is 5.66. The van der Waals surface area contributed by atoms with Gasteiger partial charge >= 0.3 is 5.97 Å². The van der Waals surface area contributed by atoms with Crippen LogP contribution in [0, 0.1) is 0 Å². The third-order valence-corrected chi connectivity index (χ3v) is 4.02. The molecule has 24 heavy (non-hydrogen) atoms. The first-order valence-corrected chi connectivity index (χ1v) is 7.87. The van der Waals surface area contributed by atoms with Crippen LogP contribution in [0.25, 0.3) is 0 Å². The fourth-order valence-electron chi connectivity index (χ4n) is 2.83. The van der Waals surface area contributed by atoms with Crippen LogP contribution in [0.4, 0.5) is 0 Å². The van der Waals surface area contributed by atoms with Gasteiger partial charge in [-0.25, -0.2) is 4.79 Å². The van der Waals surface area contributed by atoms with Crippen LogP contribution in [0.1, 0.15) is 29.6 Å². The highest BCUT2D eigenvalue weighted by atomic mass is 16.5. The minimum absolute atomic E-state index is 0.276. The van der Waals surface area contributed by atoms with E-state index in [0.717, 1.165) is 12.8 Å². The molecular weight excluding hydrogens is 308 g/mol. The smallest absolute Gasteiger partial charge is 0.326 e. The maximum Gasteiger partial charge on any atom is 0.326 e. The number of carbonyl (C=O) groups excluding carboxylic acids is 1. The summed E-state index contributed by atoms with van der Waals surface area (Å²) in [5.74, 6) is -0.0820. The lowest BCUT2D eigenvalue weighted by Gasteiger charge is -2.33. The Bertz CT molecular complexity index is 733. The summed E-state index contributed by atoms with van der Waals surface area (Å²) in [4.78, 5) is 29.5. The van der Waals surface area contributed by atoms with Gasteiger partial charge in [-0.2, -0.15) is 0 Å². The number of piperidine rings is 1. The number of amides is 1. The number of carboxylic acid groups (broad SMARTS) is 1. The molecule has 0 saturated carbocycles. The lowest BCUT2D eigenvalue weighted by molar-refractivity contribution is -0.143. The van der Waals surface area contributed by atoms with Crippen molar-refractivity contribution in [1.29, 1.82) is 0 Å². The molecule has 6 nitrogen and oxygen atoms in total. The van der Waals surface area contributed by atoms with E-state index in [1.807, 2.05) is 0 Å². The van der Waals surface area contributed by atoms with Crippen molar-refractivity contribution in [2.75, 3.05) is 6.54 Å². The molecule has 3 rings (SSSR count). The number of carboxylic acids is 1. The molecule has 1 unspecified atom stereocenters. The number of nitrogens with zero attached hydrogens (tertiary/aromatic N) is 2. The van der Waals surface area contributed by atoms with Gasteiger partial charge in [-0.15, -0.1) is 0 Å². The molecule has 124 valence electrons. The van der Waals surface area contributed by atoms with Crippen molar-refractivity contribution in [3.05, 3.63) is 54.4 Å². The van der Waals surface area contributed by atoms with Gasteiger partial charge in [0.1, 0.15) is 17.5 Å². The van der Waals surface area contributed by atoms with Crippen LogP contribution in [-0.4, -0.2) is 39.5 Å². The summed E-state index contributed by atoms with van der Waals surface area (Å²) in [5, 5.41) is 9.33. The van der Waals surface area contributed by atoms with Crippen LogP contribution < -0.4 is 4.74 Å². The summed E-state index contributed by atoms with van der Waals surface area (Å²) in [6.07, 6.45) is 5.38. The molecule has 1 aromatic heterocycles. The minimum Gasteiger partial charge on any atom is -0.480 e. The van der Waals surface area contributed by atoms with Gasteiger partial charge in [-0.1, -0.05) is 6.07 Å². The summed E-state index contributed by atoms with van der Waals surface area (Å²) >= 11 is 0. The van der Waals surface area contributed by atoms with Crippen molar-refractivity contribution in [3.8, 4) is 11.5 Å². The van der Waals surface area contributed by atoms with Crippen LogP contribution in [0.5, 0.6) is 11.5 Å². The zero-order valence-corrected chi connectivity index (χ0v) is 13.1. The van der Waals surface area contributed by atoms with Gasteiger partial charge in [-0.05, 0) is 49.6 Å². The average molecular weight is 326 g/mol. The first-order chi connectivity index (χ1) is 11.6. The van der Waals surface area contributed by atoms with Crippen LogP contribution in [0.2, 0.25) is 0 Å². The van der Waals surface area contributed by atoms with E-state index in [1.54, 1.807) is 48.8 Å². The standard InChI is InChI=1S/C18H18N2O4/c21-17(20-11-2-1-6-16(20)18(22)23)13-4-3-5-15(12-13)24-14-7-9-19-10-8-14/h3-5,7-10,12,16H,1-2,6,11H2,(H,22,23). The first-order valence-electron chi connectivity index (χ1n) is 7.87. The second-order valence-corrected chi connectivity index (χ2v) is 5.66. The van der Waals surface area contributed by atoms with Gasteiger partial charge < -0.3 is 14.7 Å². The van der Waals surface area contributed by atoms with Crippen LogP contribution in [0.15, 0.2) is 48.8 Å². The minimum atomic E-state index is -0.952. The van der Waals surface area contributed by atoms with Crippen molar-refractivity contribution in [3.63, 3.8) is 0 Å². The first kappa shape index (κ1) is 16.0. The molecule has 1 aliphatic rings. The molecule has 1 atom stereocenters. The van der Waals surface area contributed by atoms with E-state index in [4.69, 9.17) is 4.74 Å². The Balaban J connectivity index is 1.80. The van der Waals surface area contributed by atoms with Crippen LogP contribution in [0.3, 0.4) is 0 Å². The Hall–Kier alpha value is -2.89. The van der Waals surface area contributed by atoms with Gasteiger partial charge in [0.25, 0.3) is 5.91 Å². The summed E-state index contributed by atoms with van der Waals surface area (Å²) < 4.78 is 5.70. The topological polar surface area (TPSA) is 79.7 Å². The molecular formula is C18H18N2O4.